The van der Waals surface area contributed by atoms with Crippen LogP contribution >= 0.6 is 11.6 Å². The fourth-order valence-corrected chi connectivity index (χ4v) is 2.83. The van der Waals surface area contributed by atoms with E-state index in [-0.39, 0.29) is 6.42 Å². The minimum atomic E-state index is -0.975. The minimum Gasteiger partial charge on any atom is -0.452 e. The van der Waals surface area contributed by atoms with Crippen molar-refractivity contribution in [3.63, 3.8) is 0 Å². The standard InChI is InChI=1S/C18H18ClN5O3/c1-10-13(11(2)24-18(22-10)20-9-21-24)8-16(25)27-12(3)17(26)23-15-7-5-4-6-14(15)19/h4-7,9,12H,8H2,1-3H3,(H,23,26)/t12-/m0/s1. The van der Waals surface area contributed by atoms with Gasteiger partial charge in [0, 0.05) is 17.0 Å². The molecular weight excluding hydrogens is 370 g/mol. The van der Waals surface area contributed by atoms with Crippen molar-refractivity contribution in [3.05, 3.63) is 52.6 Å². The molecule has 0 bridgehead atoms. The average molecular weight is 388 g/mol. The zero-order chi connectivity index (χ0) is 19.6. The maximum absolute atomic E-state index is 12.3. The van der Waals surface area contributed by atoms with Gasteiger partial charge in [-0.3, -0.25) is 9.59 Å². The largest absolute Gasteiger partial charge is 0.452 e. The SMILES string of the molecule is Cc1nc2ncnn2c(C)c1CC(=O)O[C@@H](C)C(=O)Nc1ccccc1Cl. The lowest BCUT2D eigenvalue weighted by molar-refractivity contribution is -0.152. The van der Waals surface area contributed by atoms with Crippen LogP contribution in [0.5, 0.6) is 0 Å². The van der Waals surface area contributed by atoms with Crippen molar-refractivity contribution in [2.75, 3.05) is 5.32 Å². The zero-order valence-electron chi connectivity index (χ0n) is 15.1. The molecule has 1 aromatic carbocycles. The Morgan fingerprint density at radius 2 is 2.04 bits per heavy atom. The number of anilines is 1. The molecule has 0 saturated heterocycles. The summed E-state index contributed by atoms with van der Waals surface area (Å²) in [6.45, 7) is 5.12. The van der Waals surface area contributed by atoms with Crippen molar-refractivity contribution in [1.82, 2.24) is 19.6 Å². The summed E-state index contributed by atoms with van der Waals surface area (Å²) in [7, 11) is 0. The molecule has 3 aromatic rings. The Bertz CT molecular complexity index is 1020. The lowest BCUT2D eigenvalue weighted by Gasteiger charge is -2.15. The van der Waals surface area contributed by atoms with Gasteiger partial charge in [-0.05, 0) is 32.9 Å². The highest BCUT2D eigenvalue weighted by Crippen LogP contribution is 2.21. The molecule has 1 amide bonds. The molecule has 0 radical (unpaired) electrons. The molecule has 2 aromatic heterocycles. The number of aromatic nitrogens is 4. The van der Waals surface area contributed by atoms with Crippen LogP contribution in [-0.4, -0.2) is 37.6 Å². The van der Waals surface area contributed by atoms with E-state index in [0.717, 1.165) is 5.69 Å². The second-order valence-electron chi connectivity index (χ2n) is 6.01. The molecule has 9 heteroatoms. The van der Waals surface area contributed by atoms with Gasteiger partial charge in [-0.1, -0.05) is 23.7 Å². The molecular formula is C18H18ClN5O3. The van der Waals surface area contributed by atoms with E-state index in [0.29, 0.717) is 27.7 Å². The lowest BCUT2D eigenvalue weighted by Crippen LogP contribution is -2.30. The van der Waals surface area contributed by atoms with E-state index in [1.54, 1.807) is 35.7 Å². The van der Waals surface area contributed by atoms with Crippen LogP contribution in [0.1, 0.15) is 23.9 Å². The first-order valence-corrected chi connectivity index (χ1v) is 8.65. The van der Waals surface area contributed by atoms with Gasteiger partial charge < -0.3 is 10.1 Å². The predicted molar refractivity (Wildman–Crippen MR) is 99.6 cm³/mol. The fourth-order valence-electron chi connectivity index (χ4n) is 2.64. The second-order valence-corrected chi connectivity index (χ2v) is 6.42. The number of ether oxygens (including phenoxy) is 1. The number of benzene rings is 1. The quantitative estimate of drug-likeness (QED) is 0.675. The summed E-state index contributed by atoms with van der Waals surface area (Å²) in [6, 6.07) is 6.83. The monoisotopic (exact) mass is 387 g/mol. The number of para-hydroxylation sites is 1. The first-order chi connectivity index (χ1) is 12.9. The first kappa shape index (κ1) is 18.8. The lowest BCUT2D eigenvalue weighted by atomic mass is 10.1. The van der Waals surface area contributed by atoms with Gasteiger partial charge >= 0.3 is 5.97 Å². The Balaban J connectivity index is 1.67. The van der Waals surface area contributed by atoms with E-state index < -0.39 is 18.0 Å². The maximum Gasteiger partial charge on any atom is 0.311 e. The summed E-state index contributed by atoms with van der Waals surface area (Å²) < 4.78 is 6.82. The van der Waals surface area contributed by atoms with Crippen LogP contribution in [0.2, 0.25) is 5.02 Å². The average Bonchev–Trinajstić information content (AvgIpc) is 3.09. The highest BCUT2D eigenvalue weighted by atomic mass is 35.5. The Morgan fingerprint density at radius 1 is 1.30 bits per heavy atom. The molecule has 0 aliphatic heterocycles. The molecule has 0 spiro atoms. The van der Waals surface area contributed by atoms with Crippen molar-refractivity contribution >= 4 is 34.9 Å². The molecule has 0 unspecified atom stereocenters. The Hall–Kier alpha value is -3.00. The molecule has 1 N–H and O–H groups in total. The van der Waals surface area contributed by atoms with Crippen LogP contribution in [0.25, 0.3) is 5.78 Å². The highest BCUT2D eigenvalue weighted by Gasteiger charge is 2.21. The third-order valence-corrected chi connectivity index (χ3v) is 4.45. The van der Waals surface area contributed by atoms with E-state index in [1.807, 2.05) is 6.92 Å². The van der Waals surface area contributed by atoms with E-state index in [1.165, 1.54) is 13.3 Å². The number of aryl methyl sites for hydroxylation is 2. The fraction of sp³-hybridized carbons (Fsp3) is 0.278. The van der Waals surface area contributed by atoms with Crippen molar-refractivity contribution < 1.29 is 14.3 Å². The summed E-state index contributed by atoms with van der Waals surface area (Å²) in [5.74, 6) is -0.534. The van der Waals surface area contributed by atoms with Gasteiger partial charge in [0.05, 0.1) is 17.1 Å². The third kappa shape index (κ3) is 4.06. The molecule has 0 saturated carbocycles. The molecule has 140 valence electrons. The summed E-state index contributed by atoms with van der Waals surface area (Å²) in [6.07, 6.45) is 0.403. The van der Waals surface area contributed by atoms with Gasteiger partial charge in [-0.15, -0.1) is 0 Å². The van der Waals surface area contributed by atoms with Gasteiger partial charge in [0.2, 0.25) is 0 Å². The predicted octanol–water partition coefficient (Wildman–Crippen LogP) is 2.51. The number of nitrogens with zero attached hydrogens (tertiary/aromatic N) is 4. The van der Waals surface area contributed by atoms with Crippen LogP contribution in [-0.2, 0) is 20.7 Å². The van der Waals surface area contributed by atoms with Crippen molar-refractivity contribution in [1.29, 1.82) is 0 Å². The Kier molecular flexibility index (Phi) is 5.36. The molecule has 27 heavy (non-hydrogen) atoms. The summed E-state index contributed by atoms with van der Waals surface area (Å²) >= 11 is 6.02. The molecule has 0 fully saturated rings. The number of amides is 1. The number of carbonyl (C=O) groups excluding carboxylic acids is 2. The summed E-state index contributed by atoms with van der Waals surface area (Å²) in [5, 5.41) is 7.13. The number of hydrogen-bond donors (Lipinski definition) is 1. The summed E-state index contributed by atoms with van der Waals surface area (Å²) in [5.41, 5.74) is 2.56. The van der Waals surface area contributed by atoms with Crippen LogP contribution < -0.4 is 5.32 Å². The molecule has 8 nitrogen and oxygen atoms in total. The van der Waals surface area contributed by atoms with Crippen LogP contribution in [0.4, 0.5) is 5.69 Å². The zero-order valence-corrected chi connectivity index (χ0v) is 15.8. The smallest absolute Gasteiger partial charge is 0.311 e. The van der Waals surface area contributed by atoms with Gasteiger partial charge in [0.25, 0.3) is 11.7 Å². The number of halogens is 1. The van der Waals surface area contributed by atoms with E-state index >= 15 is 0 Å². The molecule has 0 aliphatic carbocycles. The van der Waals surface area contributed by atoms with Gasteiger partial charge in [0.1, 0.15) is 6.33 Å². The normalized spacial score (nSPS) is 12.0. The maximum atomic E-state index is 12.3. The number of nitrogens with one attached hydrogen (secondary N) is 1. The second kappa shape index (κ2) is 7.71. The van der Waals surface area contributed by atoms with Crippen LogP contribution in [0.15, 0.2) is 30.6 Å². The van der Waals surface area contributed by atoms with Crippen molar-refractivity contribution in [2.24, 2.45) is 0 Å². The van der Waals surface area contributed by atoms with E-state index in [9.17, 15) is 9.59 Å². The van der Waals surface area contributed by atoms with Crippen LogP contribution in [0, 0.1) is 13.8 Å². The third-order valence-electron chi connectivity index (χ3n) is 4.12. The number of carbonyl (C=O) groups is 2. The van der Waals surface area contributed by atoms with Gasteiger partial charge in [0.15, 0.2) is 6.10 Å². The van der Waals surface area contributed by atoms with Crippen molar-refractivity contribution in [2.45, 2.75) is 33.3 Å². The Labute approximate surface area is 160 Å². The number of esters is 1. The van der Waals surface area contributed by atoms with E-state index in [2.05, 4.69) is 20.4 Å². The van der Waals surface area contributed by atoms with Gasteiger partial charge in [-0.25, -0.2) is 9.50 Å². The molecule has 0 aliphatic rings. The topological polar surface area (TPSA) is 98.5 Å². The molecule has 1 atom stereocenters. The van der Waals surface area contributed by atoms with Crippen LogP contribution in [0.3, 0.4) is 0 Å². The van der Waals surface area contributed by atoms with Crippen molar-refractivity contribution in [3.8, 4) is 0 Å². The van der Waals surface area contributed by atoms with Gasteiger partial charge in [-0.2, -0.15) is 10.1 Å². The summed E-state index contributed by atoms with van der Waals surface area (Å²) in [4.78, 5) is 32.9. The Morgan fingerprint density at radius 3 is 2.78 bits per heavy atom. The number of hydrogen-bond acceptors (Lipinski definition) is 6. The van der Waals surface area contributed by atoms with E-state index in [4.69, 9.17) is 16.3 Å². The number of fused-ring (bicyclic) bond motifs is 1. The molecule has 2 heterocycles. The minimum absolute atomic E-state index is 0.0236. The first-order valence-electron chi connectivity index (χ1n) is 8.27. The molecule has 3 rings (SSSR count). The number of rotatable bonds is 5. The highest BCUT2D eigenvalue weighted by molar-refractivity contribution is 6.33.